The lowest BCUT2D eigenvalue weighted by atomic mass is 10.1. The third kappa shape index (κ3) is 3.75. The summed E-state index contributed by atoms with van der Waals surface area (Å²) in [5.74, 6) is 3.21. The van der Waals surface area contributed by atoms with E-state index in [-0.39, 0.29) is 5.91 Å². The van der Waals surface area contributed by atoms with E-state index in [1.165, 1.54) is 5.57 Å². The predicted molar refractivity (Wildman–Crippen MR) is 98.5 cm³/mol. The number of hydrogen-bond donors (Lipinski definition) is 1. The Labute approximate surface area is 152 Å². The molecule has 0 saturated heterocycles. The van der Waals surface area contributed by atoms with Crippen molar-refractivity contribution in [3.8, 4) is 11.5 Å². The summed E-state index contributed by atoms with van der Waals surface area (Å²) in [5, 5.41) is 2.93. The Hall–Kier alpha value is -2.73. The third-order valence-corrected chi connectivity index (χ3v) is 4.54. The van der Waals surface area contributed by atoms with Gasteiger partial charge >= 0.3 is 0 Å². The summed E-state index contributed by atoms with van der Waals surface area (Å²) in [4.78, 5) is 14.5. The molecule has 0 saturated carbocycles. The molecule has 0 fully saturated rings. The fourth-order valence-electron chi connectivity index (χ4n) is 3.21. The zero-order valence-corrected chi connectivity index (χ0v) is 14.8. The Bertz CT molecular complexity index is 840. The van der Waals surface area contributed by atoms with Crippen LogP contribution in [0.2, 0.25) is 0 Å². The Morgan fingerprint density at radius 1 is 1.15 bits per heavy atom. The maximum atomic E-state index is 12.3. The first-order valence-corrected chi connectivity index (χ1v) is 8.85. The van der Waals surface area contributed by atoms with Gasteiger partial charge in [-0.25, -0.2) is 0 Å². The van der Waals surface area contributed by atoms with E-state index in [4.69, 9.17) is 13.9 Å². The van der Waals surface area contributed by atoms with Crippen LogP contribution in [0.3, 0.4) is 0 Å². The van der Waals surface area contributed by atoms with Crippen molar-refractivity contribution in [3.63, 3.8) is 0 Å². The van der Waals surface area contributed by atoms with Crippen molar-refractivity contribution in [2.45, 2.75) is 13.3 Å². The van der Waals surface area contributed by atoms with Gasteiger partial charge in [-0.05, 0) is 43.2 Å². The molecule has 0 unspecified atom stereocenters. The molecule has 26 heavy (non-hydrogen) atoms. The second kappa shape index (κ2) is 7.25. The molecule has 6 heteroatoms. The fourth-order valence-corrected chi connectivity index (χ4v) is 3.21. The fraction of sp³-hybridized carbons (Fsp3) is 0.350. The molecule has 1 aromatic heterocycles. The third-order valence-electron chi connectivity index (χ3n) is 4.54. The highest BCUT2D eigenvalue weighted by Crippen LogP contribution is 2.32. The zero-order chi connectivity index (χ0) is 17.9. The van der Waals surface area contributed by atoms with Gasteiger partial charge in [0.1, 0.15) is 24.7 Å². The standard InChI is InChI=1S/C20H22N2O4/c1-14-2-4-17(26-14)15-6-8-22(9-7-15)13-20(23)21-16-3-5-18-19(12-16)25-11-10-24-18/h2-6,12H,7-11,13H2,1H3,(H,21,23). The summed E-state index contributed by atoms with van der Waals surface area (Å²) in [5.41, 5.74) is 1.93. The highest BCUT2D eigenvalue weighted by molar-refractivity contribution is 5.92. The van der Waals surface area contributed by atoms with E-state index in [0.29, 0.717) is 25.5 Å². The lowest BCUT2D eigenvalue weighted by Crippen LogP contribution is -2.36. The molecule has 1 N–H and O–H groups in total. The van der Waals surface area contributed by atoms with Crippen molar-refractivity contribution in [2.24, 2.45) is 0 Å². The first-order valence-electron chi connectivity index (χ1n) is 8.85. The number of furan rings is 1. The van der Waals surface area contributed by atoms with Crippen LogP contribution in [-0.4, -0.2) is 43.7 Å². The van der Waals surface area contributed by atoms with E-state index in [1.54, 1.807) is 6.07 Å². The monoisotopic (exact) mass is 354 g/mol. The number of carbonyl (C=O) groups is 1. The smallest absolute Gasteiger partial charge is 0.238 e. The average Bonchev–Trinajstić information content (AvgIpc) is 3.08. The van der Waals surface area contributed by atoms with E-state index < -0.39 is 0 Å². The van der Waals surface area contributed by atoms with Crippen molar-refractivity contribution in [1.29, 1.82) is 0 Å². The maximum Gasteiger partial charge on any atom is 0.238 e. The molecule has 0 atom stereocenters. The summed E-state index contributed by atoms with van der Waals surface area (Å²) in [6.45, 7) is 4.96. The first kappa shape index (κ1) is 16.7. The van der Waals surface area contributed by atoms with Gasteiger partial charge in [0.2, 0.25) is 5.91 Å². The van der Waals surface area contributed by atoms with E-state index >= 15 is 0 Å². The van der Waals surface area contributed by atoms with Gasteiger partial charge in [0, 0.05) is 24.8 Å². The van der Waals surface area contributed by atoms with Gasteiger partial charge in [0.05, 0.1) is 6.54 Å². The number of nitrogens with one attached hydrogen (secondary N) is 1. The normalized spacial score (nSPS) is 16.9. The molecule has 4 rings (SSSR count). The minimum Gasteiger partial charge on any atom is -0.486 e. The molecule has 1 amide bonds. The van der Waals surface area contributed by atoms with E-state index in [9.17, 15) is 4.79 Å². The number of fused-ring (bicyclic) bond motifs is 1. The number of rotatable bonds is 4. The van der Waals surface area contributed by atoms with Crippen LogP contribution in [-0.2, 0) is 4.79 Å². The summed E-state index contributed by atoms with van der Waals surface area (Å²) in [6.07, 6.45) is 3.02. The highest BCUT2D eigenvalue weighted by atomic mass is 16.6. The van der Waals surface area contributed by atoms with Gasteiger partial charge in [-0.3, -0.25) is 9.69 Å². The second-order valence-electron chi connectivity index (χ2n) is 6.53. The number of hydrogen-bond acceptors (Lipinski definition) is 5. The zero-order valence-electron chi connectivity index (χ0n) is 14.8. The molecule has 3 heterocycles. The van der Waals surface area contributed by atoms with E-state index in [2.05, 4.69) is 16.3 Å². The number of benzene rings is 1. The van der Waals surface area contributed by atoms with Gasteiger partial charge in [0.25, 0.3) is 0 Å². The molecule has 2 aliphatic heterocycles. The van der Waals surface area contributed by atoms with Crippen molar-refractivity contribution in [2.75, 3.05) is 38.2 Å². The molecule has 0 aliphatic carbocycles. The summed E-state index contributed by atoms with van der Waals surface area (Å²) < 4.78 is 16.7. The van der Waals surface area contributed by atoms with Crippen LogP contribution < -0.4 is 14.8 Å². The molecule has 0 spiro atoms. The van der Waals surface area contributed by atoms with Crippen LogP contribution >= 0.6 is 0 Å². The number of anilines is 1. The summed E-state index contributed by atoms with van der Waals surface area (Å²) in [6, 6.07) is 9.44. The van der Waals surface area contributed by atoms with Gasteiger partial charge in [0.15, 0.2) is 11.5 Å². The van der Waals surface area contributed by atoms with Crippen LogP contribution in [0.5, 0.6) is 11.5 Å². The minimum absolute atomic E-state index is 0.0348. The highest BCUT2D eigenvalue weighted by Gasteiger charge is 2.18. The number of carbonyl (C=O) groups excluding carboxylic acids is 1. The molecule has 2 aromatic rings. The lowest BCUT2D eigenvalue weighted by Gasteiger charge is -2.25. The van der Waals surface area contributed by atoms with Crippen molar-refractivity contribution in [3.05, 3.63) is 47.9 Å². The van der Waals surface area contributed by atoms with Gasteiger partial charge in [-0.1, -0.05) is 6.08 Å². The second-order valence-corrected chi connectivity index (χ2v) is 6.53. The topological polar surface area (TPSA) is 63.9 Å². The first-order chi connectivity index (χ1) is 12.7. The number of amides is 1. The maximum absolute atomic E-state index is 12.3. The van der Waals surface area contributed by atoms with Crippen LogP contribution in [0.4, 0.5) is 5.69 Å². The molecule has 6 nitrogen and oxygen atoms in total. The summed E-state index contributed by atoms with van der Waals surface area (Å²) >= 11 is 0. The van der Waals surface area contributed by atoms with Crippen LogP contribution in [0, 0.1) is 6.92 Å². The van der Waals surface area contributed by atoms with Gasteiger partial charge < -0.3 is 19.2 Å². The Balaban J connectivity index is 1.32. The van der Waals surface area contributed by atoms with Gasteiger partial charge in [-0.2, -0.15) is 0 Å². The molecular weight excluding hydrogens is 332 g/mol. The van der Waals surface area contributed by atoms with Crippen molar-refractivity contribution < 1.29 is 18.7 Å². The average molecular weight is 354 g/mol. The molecular formula is C20H22N2O4. The molecule has 1 aromatic carbocycles. The number of ether oxygens (including phenoxy) is 2. The SMILES string of the molecule is Cc1ccc(C2=CCN(CC(=O)Nc3ccc4c(c3)OCCO4)CC2)o1. The molecule has 0 bridgehead atoms. The Morgan fingerprint density at radius 3 is 2.73 bits per heavy atom. The van der Waals surface area contributed by atoms with Crippen molar-refractivity contribution >= 4 is 17.2 Å². The summed E-state index contributed by atoms with van der Waals surface area (Å²) in [7, 11) is 0. The molecule has 0 radical (unpaired) electrons. The van der Waals surface area contributed by atoms with Crippen LogP contribution in [0.1, 0.15) is 17.9 Å². The predicted octanol–water partition coefficient (Wildman–Crippen LogP) is 3.09. The van der Waals surface area contributed by atoms with Gasteiger partial charge in [-0.15, -0.1) is 0 Å². The van der Waals surface area contributed by atoms with E-state index in [0.717, 1.165) is 42.5 Å². The molecule has 2 aliphatic rings. The van der Waals surface area contributed by atoms with Crippen LogP contribution in [0.25, 0.3) is 5.57 Å². The minimum atomic E-state index is -0.0348. The quantitative estimate of drug-likeness (QED) is 0.914. The molecule has 136 valence electrons. The van der Waals surface area contributed by atoms with E-state index in [1.807, 2.05) is 31.2 Å². The van der Waals surface area contributed by atoms with Crippen molar-refractivity contribution in [1.82, 2.24) is 4.90 Å². The largest absolute Gasteiger partial charge is 0.486 e. The number of nitrogens with zero attached hydrogens (tertiary/aromatic N) is 1. The Morgan fingerprint density at radius 2 is 2.00 bits per heavy atom. The van der Waals surface area contributed by atoms with Crippen LogP contribution in [0.15, 0.2) is 40.8 Å². The number of aryl methyl sites for hydroxylation is 1. The lowest BCUT2D eigenvalue weighted by molar-refractivity contribution is -0.117. The Kier molecular flexibility index (Phi) is 4.67.